The minimum Gasteiger partial charge on any atom is -0.295 e. The van der Waals surface area contributed by atoms with Gasteiger partial charge in [-0.25, -0.2) is 4.68 Å². The second kappa shape index (κ2) is 4.87. The van der Waals surface area contributed by atoms with E-state index in [4.69, 9.17) is 0 Å². The molecule has 1 unspecified atom stereocenters. The number of carbonyl (C=O) groups excluding carboxylic acids is 2. The van der Waals surface area contributed by atoms with Gasteiger partial charge in [0.15, 0.2) is 0 Å². The van der Waals surface area contributed by atoms with Crippen LogP contribution in [0.3, 0.4) is 0 Å². The molecule has 1 atom stereocenters. The van der Waals surface area contributed by atoms with Gasteiger partial charge in [0.2, 0.25) is 5.91 Å². The highest BCUT2D eigenvalue weighted by atomic mass is 16.2. The fourth-order valence-electron chi connectivity index (χ4n) is 2.19. The van der Waals surface area contributed by atoms with Gasteiger partial charge in [-0.05, 0) is 18.9 Å². The second-order valence-corrected chi connectivity index (χ2v) is 4.87. The molecule has 0 bridgehead atoms. The lowest BCUT2D eigenvalue weighted by Gasteiger charge is -2.20. The molecule has 1 fully saturated rings. The number of nitrogens with zero attached hydrogens (tertiary/aromatic N) is 5. The zero-order chi connectivity index (χ0) is 14.1. The van der Waals surface area contributed by atoms with E-state index in [0.717, 1.165) is 11.3 Å². The Balaban J connectivity index is 1.73. The molecule has 8 nitrogen and oxygen atoms in total. The number of hydrogen-bond acceptors (Lipinski definition) is 5. The third-order valence-electron chi connectivity index (χ3n) is 3.17. The van der Waals surface area contributed by atoms with Crippen molar-refractivity contribution in [2.24, 2.45) is 0 Å². The molecule has 104 valence electrons. The molecule has 2 aromatic heterocycles. The summed E-state index contributed by atoms with van der Waals surface area (Å²) in [6.45, 7) is 2.46. The number of amides is 2. The van der Waals surface area contributed by atoms with Gasteiger partial charge in [0.25, 0.3) is 5.91 Å². The average Bonchev–Trinajstić information content (AvgIpc) is 2.99. The van der Waals surface area contributed by atoms with E-state index in [9.17, 15) is 9.59 Å². The van der Waals surface area contributed by atoms with E-state index in [0.29, 0.717) is 19.4 Å². The first kappa shape index (κ1) is 12.5. The number of aromatic nitrogens is 5. The monoisotopic (exact) mass is 274 g/mol. The largest absolute Gasteiger partial charge is 0.295 e. The predicted octanol–water partition coefficient (Wildman–Crippen LogP) is -0.191. The van der Waals surface area contributed by atoms with Crippen molar-refractivity contribution >= 4 is 11.8 Å². The third-order valence-corrected chi connectivity index (χ3v) is 3.17. The maximum absolute atomic E-state index is 11.7. The van der Waals surface area contributed by atoms with Crippen LogP contribution in [0.4, 0.5) is 0 Å². The Morgan fingerprint density at radius 2 is 2.25 bits per heavy atom. The van der Waals surface area contributed by atoms with Gasteiger partial charge in [-0.1, -0.05) is 5.21 Å². The molecule has 3 rings (SSSR count). The van der Waals surface area contributed by atoms with Gasteiger partial charge in [0.1, 0.15) is 11.7 Å². The van der Waals surface area contributed by atoms with Crippen LogP contribution in [0.1, 0.15) is 30.1 Å². The topological polar surface area (TPSA) is 94.7 Å². The summed E-state index contributed by atoms with van der Waals surface area (Å²) >= 11 is 0. The first-order chi connectivity index (χ1) is 9.61. The lowest BCUT2D eigenvalue weighted by Crippen LogP contribution is -2.41. The van der Waals surface area contributed by atoms with Crippen LogP contribution < -0.4 is 5.32 Å². The van der Waals surface area contributed by atoms with Crippen LogP contribution in [0.2, 0.25) is 0 Å². The van der Waals surface area contributed by atoms with Crippen LogP contribution in [0, 0.1) is 6.92 Å². The zero-order valence-electron chi connectivity index (χ0n) is 11.0. The van der Waals surface area contributed by atoms with Gasteiger partial charge in [-0.15, -0.1) is 5.10 Å². The quantitative estimate of drug-likeness (QED) is 0.783. The smallest absolute Gasteiger partial charge is 0.251 e. The molecule has 2 amide bonds. The van der Waals surface area contributed by atoms with Crippen LogP contribution in [0.25, 0.3) is 0 Å². The van der Waals surface area contributed by atoms with Gasteiger partial charge in [-0.3, -0.25) is 19.6 Å². The molecule has 0 radical (unpaired) electrons. The molecule has 0 spiro atoms. The summed E-state index contributed by atoms with van der Waals surface area (Å²) in [4.78, 5) is 22.8. The number of aryl methyl sites for hydroxylation is 1. The van der Waals surface area contributed by atoms with Crippen molar-refractivity contribution in [1.82, 2.24) is 30.1 Å². The van der Waals surface area contributed by atoms with Gasteiger partial charge >= 0.3 is 0 Å². The lowest BCUT2D eigenvalue weighted by atomic mass is 10.1. The Bertz CT molecular complexity index is 658. The molecule has 0 saturated carbocycles. The molecule has 0 aromatic carbocycles. The molecular weight excluding hydrogens is 260 g/mol. The summed E-state index contributed by atoms with van der Waals surface area (Å²) in [5, 5.41) is 14.5. The highest BCUT2D eigenvalue weighted by Crippen LogP contribution is 2.17. The van der Waals surface area contributed by atoms with Crippen molar-refractivity contribution in [3.63, 3.8) is 0 Å². The number of piperidine rings is 1. The second-order valence-electron chi connectivity index (χ2n) is 4.87. The maximum atomic E-state index is 11.7. The van der Waals surface area contributed by atoms with Gasteiger partial charge in [-0.2, -0.15) is 5.10 Å². The summed E-state index contributed by atoms with van der Waals surface area (Å²) in [6.07, 6.45) is 6.17. The van der Waals surface area contributed by atoms with Crippen molar-refractivity contribution in [2.45, 2.75) is 32.4 Å². The summed E-state index contributed by atoms with van der Waals surface area (Å²) in [7, 11) is 0. The third kappa shape index (κ3) is 2.44. The molecule has 20 heavy (non-hydrogen) atoms. The minimum atomic E-state index is -0.465. The van der Waals surface area contributed by atoms with Gasteiger partial charge in [0.05, 0.1) is 18.9 Å². The molecule has 1 N–H and O–H groups in total. The number of hydrogen-bond donors (Lipinski definition) is 1. The van der Waals surface area contributed by atoms with Crippen molar-refractivity contribution in [2.75, 3.05) is 0 Å². The van der Waals surface area contributed by atoms with Crippen molar-refractivity contribution in [3.8, 4) is 0 Å². The van der Waals surface area contributed by atoms with E-state index >= 15 is 0 Å². The highest BCUT2D eigenvalue weighted by molar-refractivity contribution is 5.99. The Labute approximate surface area is 114 Å². The minimum absolute atomic E-state index is 0.237. The molecule has 1 aliphatic rings. The first-order valence-corrected chi connectivity index (χ1v) is 6.35. The predicted molar refractivity (Wildman–Crippen MR) is 67.5 cm³/mol. The average molecular weight is 274 g/mol. The summed E-state index contributed by atoms with van der Waals surface area (Å²) in [5.74, 6) is -0.564. The van der Waals surface area contributed by atoms with Crippen molar-refractivity contribution in [3.05, 3.63) is 29.8 Å². The lowest BCUT2D eigenvalue weighted by molar-refractivity contribution is -0.136. The van der Waals surface area contributed by atoms with Crippen molar-refractivity contribution in [1.29, 1.82) is 0 Å². The number of imide groups is 1. The van der Waals surface area contributed by atoms with E-state index in [1.165, 1.54) is 4.68 Å². The number of nitrogens with one attached hydrogen (secondary N) is 1. The van der Waals surface area contributed by atoms with E-state index in [1.807, 2.05) is 13.1 Å². The van der Waals surface area contributed by atoms with E-state index < -0.39 is 6.04 Å². The fraction of sp³-hybridized carbons (Fsp3) is 0.417. The fourth-order valence-corrected chi connectivity index (χ4v) is 2.19. The standard InChI is InChI=1S/C12H14N6O2/c1-8-4-13-17(5-8)6-9-7-18(16-15-9)10-2-3-11(19)14-12(10)20/h4-5,7,10H,2-3,6H2,1H3,(H,14,19,20). The van der Waals surface area contributed by atoms with Gasteiger partial charge in [0, 0.05) is 12.6 Å². The van der Waals surface area contributed by atoms with Crippen molar-refractivity contribution < 1.29 is 9.59 Å². The SMILES string of the molecule is Cc1cnn(Cc2cn(C3CCC(=O)NC3=O)nn2)c1. The molecule has 1 saturated heterocycles. The van der Waals surface area contributed by atoms with E-state index in [-0.39, 0.29) is 11.8 Å². The normalized spacial score (nSPS) is 19.1. The zero-order valence-corrected chi connectivity index (χ0v) is 11.0. The molecular formula is C12H14N6O2. The summed E-state index contributed by atoms with van der Waals surface area (Å²) < 4.78 is 3.27. The highest BCUT2D eigenvalue weighted by Gasteiger charge is 2.28. The van der Waals surface area contributed by atoms with E-state index in [1.54, 1.807) is 17.1 Å². The molecule has 8 heteroatoms. The molecule has 0 aliphatic carbocycles. The summed E-state index contributed by atoms with van der Waals surface area (Å²) in [5.41, 5.74) is 1.79. The van der Waals surface area contributed by atoms with E-state index in [2.05, 4.69) is 20.7 Å². The van der Waals surface area contributed by atoms with Gasteiger partial charge < -0.3 is 0 Å². The Morgan fingerprint density at radius 3 is 2.95 bits per heavy atom. The van der Waals surface area contributed by atoms with Crippen LogP contribution >= 0.6 is 0 Å². The van der Waals surface area contributed by atoms with Crippen LogP contribution in [-0.4, -0.2) is 36.6 Å². The number of rotatable bonds is 3. The first-order valence-electron chi connectivity index (χ1n) is 6.35. The molecule has 1 aliphatic heterocycles. The molecule has 3 heterocycles. The maximum Gasteiger partial charge on any atom is 0.251 e. The number of carbonyl (C=O) groups is 2. The van der Waals surface area contributed by atoms with Crippen LogP contribution in [0.15, 0.2) is 18.6 Å². The van der Waals surface area contributed by atoms with Crippen LogP contribution in [-0.2, 0) is 16.1 Å². The molecule has 2 aromatic rings. The Hall–Kier alpha value is -2.51. The Kier molecular flexibility index (Phi) is 3.05. The summed E-state index contributed by atoms with van der Waals surface area (Å²) in [6, 6.07) is -0.465. The Morgan fingerprint density at radius 1 is 1.40 bits per heavy atom. The van der Waals surface area contributed by atoms with Crippen LogP contribution in [0.5, 0.6) is 0 Å².